The highest BCUT2D eigenvalue weighted by molar-refractivity contribution is 7.99. The zero-order valence-corrected chi connectivity index (χ0v) is 18.3. The highest BCUT2D eigenvalue weighted by atomic mass is 32.2. The normalized spacial score (nSPS) is 10.6. The molecule has 0 unspecified atom stereocenters. The van der Waals surface area contributed by atoms with Crippen molar-refractivity contribution in [3.8, 4) is 17.5 Å². The van der Waals surface area contributed by atoms with Gasteiger partial charge >= 0.3 is 0 Å². The van der Waals surface area contributed by atoms with Crippen LogP contribution in [0.15, 0.2) is 76.5 Å². The van der Waals surface area contributed by atoms with Crippen LogP contribution in [-0.4, -0.2) is 26.4 Å². The van der Waals surface area contributed by atoms with Crippen LogP contribution in [0.1, 0.15) is 23.3 Å². The van der Waals surface area contributed by atoms with Gasteiger partial charge in [0.15, 0.2) is 11.0 Å². The van der Waals surface area contributed by atoms with E-state index < -0.39 is 0 Å². The molecule has 7 nitrogen and oxygen atoms in total. The van der Waals surface area contributed by atoms with Crippen LogP contribution in [0.2, 0.25) is 0 Å². The smallest absolute Gasteiger partial charge is 0.225 e. The number of benzene rings is 2. The van der Waals surface area contributed by atoms with Crippen molar-refractivity contribution in [2.45, 2.75) is 25.0 Å². The molecule has 0 saturated heterocycles. The van der Waals surface area contributed by atoms with Crippen molar-refractivity contribution in [3.63, 3.8) is 0 Å². The Hall–Kier alpha value is -3.83. The minimum Gasteiger partial charge on any atom is -0.467 e. The molecule has 160 valence electrons. The van der Waals surface area contributed by atoms with Gasteiger partial charge in [0.25, 0.3) is 0 Å². The average Bonchev–Trinajstić information content (AvgIpc) is 3.45. The Morgan fingerprint density at radius 1 is 1.12 bits per heavy atom. The number of amides is 1. The lowest BCUT2D eigenvalue weighted by Gasteiger charge is -2.10. The lowest BCUT2D eigenvalue weighted by Crippen LogP contribution is -2.13. The number of carbonyl (C=O) groups is 1. The molecule has 0 aliphatic carbocycles. The number of furan rings is 1. The van der Waals surface area contributed by atoms with Gasteiger partial charge in [0.1, 0.15) is 11.8 Å². The van der Waals surface area contributed by atoms with E-state index in [1.165, 1.54) is 11.8 Å². The fourth-order valence-electron chi connectivity index (χ4n) is 3.26. The standard InChI is InChI=1S/C24H21N5O2S/c1-17-7-2-4-10-20(17)23-27-28-24(29(23)16-19-9-6-13-31-19)32-14-12-22(30)26-21-11-5-3-8-18(21)15-25/h2-11,13H,12,14,16H2,1H3,(H,26,30). The van der Waals surface area contributed by atoms with Crippen molar-refractivity contribution in [2.75, 3.05) is 11.1 Å². The summed E-state index contributed by atoms with van der Waals surface area (Å²) in [6.45, 7) is 2.53. The lowest BCUT2D eigenvalue weighted by molar-refractivity contribution is -0.115. The first-order valence-electron chi connectivity index (χ1n) is 10.1. The number of nitrogens with one attached hydrogen (secondary N) is 1. The SMILES string of the molecule is Cc1ccccc1-c1nnc(SCCC(=O)Nc2ccccc2C#N)n1Cc1ccco1. The maximum Gasteiger partial charge on any atom is 0.225 e. The third-order valence-corrected chi connectivity index (χ3v) is 5.85. The van der Waals surface area contributed by atoms with E-state index in [2.05, 4.69) is 21.6 Å². The number of thioether (sulfide) groups is 1. The minimum absolute atomic E-state index is 0.156. The van der Waals surface area contributed by atoms with E-state index in [1.54, 1.807) is 30.5 Å². The number of carbonyl (C=O) groups excluding carboxylic acids is 1. The molecule has 2 heterocycles. The predicted molar refractivity (Wildman–Crippen MR) is 123 cm³/mol. The Morgan fingerprint density at radius 2 is 1.94 bits per heavy atom. The molecule has 0 saturated carbocycles. The van der Waals surface area contributed by atoms with E-state index in [0.29, 0.717) is 28.7 Å². The summed E-state index contributed by atoms with van der Waals surface area (Å²) >= 11 is 1.46. The largest absolute Gasteiger partial charge is 0.467 e. The summed E-state index contributed by atoms with van der Waals surface area (Å²) in [5, 5.41) is 21.5. The van der Waals surface area contributed by atoms with Gasteiger partial charge < -0.3 is 9.73 Å². The maximum absolute atomic E-state index is 12.4. The second-order valence-electron chi connectivity index (χ2n) is 7.09. The van der Waals surface area contributed by atoms with Crippen molar-refractivity contribution >= 4 is 23.4 Å². The van der Waals surface area contributed by atoms with E-state index in [-0.39, 0.29) is 12.3 Å². The molecule has 0 spiro atoms. The fraction of sp³-hybridized carbons (Fsp3) is 0.167. The molecule has 2 aromatic heterocycles. The summed E-state index contributed by atoms with van der Waals surface area (Å²) in [4.78, 5) is 12.4. The van der Waals surface area contributed by atoms with Gasteiger partial charge in [0, 0.05) is 17.7 Å². The second kappa shape index (κ2) is 9.98. The Labute approximate surface area is 190 Å². The molecule has 0 bridgehead atoms. The molecule has 1 amide bonds. The van der Waals surface area contributed by atoms with Gasteiger partial charge in [-0.2, -0.15) is 5.26 Å². The van der Waals surface area contributed by atoms with Gasteiger partial charge in [0.05, 0.1) is 24.1 Å². The Morgan fingerprint density at radius 3 is 2.72 bits per heavy atom. The van der Waals surface area contributed by atoms with Crippen LogP contribution in [-0.2, 0) is 11.3 Å². The van der Waals surface area contributed by atoms with E-state index in [4.69, 9.17) is 4.42 Å². The van der Waals surface area contributed by atoms with Crippen LogP contribution >= 0.6 is 11.8 Å². The predicted octanol–water partition coefficient (Wildman–Crippen LogP) is 4.89. The minimum atomic E-state index is -0.156. The van der Waals surface area contributed by atoms with E-state index in [0.717, 1.165) is 22.7 Å². The quantitative estimate of drug-likeness (QED) is 0.390. The third kappa shape index (κ3) is 4.90. The number of para-hydroxylation sites is 1. The Bertz CT molecular complexity index is 1260. The molecule has 0 radical (unpaired) electrons. The zero-order valence-electron chi connectivity index (χ0n) is 17.5. The summed E-state index contributed by atoms with van der Waals surface area (Å²) in [6, 6.07) is 20.8. The van der Waals surface area contributed by atoms with Gasteiger partial charge in [-0.3, -0.25) is 9.36 Å². The molecular formula is C24H21N5O2S. The number of anilines is 1. The summed E-state index contributed by atoms with van der Waals surface area (Å²) in [6.07, 6.45) is 1.92. The van der Waals surface area contributed by atoms with Gasteiger partial charge in [-0.15, -0.1) is 10.2 Å². The van der Waals surface area contributed by atoms with Crippen LogP contribution < -0.4 is 5.32 Å². The molecule has 32 heavy (non-hydrogen) atoms. The monoisotopic (exact) mass is 443 g/mol. The summed E-state index contributed by atoms with van der Waals surface area (Å²) in [5.41, 5.74) is 3.07. The summed E-state index contributed by atoms with van der Waals surface area (Å²) in [5.74, 6) is 1.92. The van der Waals surface area contributed by atoms with E-state index in [1.807, 2.05) is 47.9 Å². The van der Waals surface area contributed by atoms with Gasteiger partial charge in [0.2, 0.25) is 5.91 Å². The first-order chi connectivity index (χ1) is 15.7. The van der Waals surface area contributed by atoms with E-state index >= 15 is 0 Å². The van der Waals surface area contributed by atoms with Crippen molar-refractivity contribution in [3.05, 3.63) is 83.8 Å². The number of nitrogens with zero attached hydrogens (tertiary/aromatic N) is 4. The second-order valence-corrected chi connectivity index (χ2v) is 8.15. The number of aromatic nitrogens is 3. The number of rotatable bonds is 8. The molecule has 4 rings (SSSR count). The Balaban J connectivity index is 1.48. The summed E-state index contributed by atoms with van der Waals surface area (Å²) < 4.78 is 7.55. The highest BCUT2D eigenvalue weighted by Gasteiger charge is 2.17. The zero-order chi connectivity index (χ0) is 22.3. The molecule has 1 N–H and O–H groups in total. The van der Waals surface area contributed by atoms with Crippen molar-refractivity contribution in [1.82, 2.24) is 14.8 Å². The number of hydrogen-bond donors (Lipinski definition) is 1. The third-order valence-electron chi connectivity index (χ3n) is 4.88. The molecule has 2 aromatic carbocycles. The average molecular weight is 444 g/mol. The van der Waals surface area contributed by atoms with Crippen molar-refractivity contribution in [2.24, 2.45) is 0 Å². The fourth-order valence-corrected chi connectivity index (χ4v) is 4.13. The van der Waals surface area contributed by atoms with Crippen LogP contribution in [0.25, 0.3) is 11.4 Å². The van der Waals surface area contributed by atoms with Crippen LogP contribution in [0.3, 0.4) is 0 Å². The highest BCUT2D eigenvalue weighted by Crippen LogP contribution is 2.27. The number of hydrogen-bond acceptors (Lipinski definition) is 6. The van der Waals surface area contributed by atoms with Crippen molar-refractivity contribution in [1.29, 1.82) is 5.26 Å². The molecular weight excluding hydrogens is 422 g/mol. The first kappa shape index (κ1) is 21.4. The topological polar surface area (TPSA) is 96.7 Å². The van der Waals surface area contributed by atoms with Crippen LogP contribution in [0.4, 0.5) is 5.69 Å². The first-order valence-corrected chi connectivity index (χ1v) is 11.1. The van der Waals surface area contributed by atoms with Gasteiger partial charge in [-0.05, 0) is 36.8 Å². The number of aryl methyl sites for hydroxylation is 1. The van der Waals surface area contributed by atoms with Gasteiger partial charge in [-0.25, -0.2) is 0 Å². The van der Waals surface area contributed by atoms with Crippen LogP contribution in [0, 0.1) is 18.3 Å². The van der Waals surface area contributed by atoms with Crippen LogP contribution in [0.5, 0.6) is 0 Å². The van der Waals surface area contributed by atoms with Crippen molar-refractivity contribution < 1.29 is 9.21 Å². The van der Waals surface area contributed by atoms with E-state index in [9.17, 15) is 10.1 Å². The Kier molecular flexibility index (Phi) is 6.68. The molecule has 4 aromatic rings. The molecule has 0 atom stereocenters. The summed E-state index contributed by atoms with van der Waals surface area (Å²) in [7, 11) is 0. The molecule has 0 aliphatic rings. The molecule has 0 aliphatic heterocycles. The molecule has 0 fully saturated rings. The lowest BCUT2D eigenvalue weighted by atomic mass is 10.1. The maximum atomic E-state index is 12.4. The van der Waals surface area contributed by atoms with Gasteiger partial charge in [-0.1, -0.05) is 48.2 Å². The molecule has 8 heteroatoms. The number of nitriles is 1.